The van der Waals surface area contributed by atoms with Crippen molar-refractivity contribution in [2.75, 3.05) is 18.0 Å². The van der Waals surface area contributed by atoms with Crippen LogP contribution in [-0.4, -0.2) is 34.1 Å². The van der Waals surface area contributed by atoms with Crippen LogP contribution in [0.3, 0.4) is 0 Å². The molecule has 5 nitrogen and oxygen atoms in total. The number of rotatable bonds is 4. The van der Waals surface area contributed by atoms with Gasteiger partial charge in [0, 0.05) is 24.7 Å². The molecule has 120 valence electrons. The van der Waals surface area contributed by atoms with E-state index in [0.717, 1.165) is 36.6 Å². The molecule has 0 atom stereocenters. The third-order valence-corrected chi connectivity index (χ3v) is 4.48. The van der Waals surface area contributed by atoms with Crippen LogP contribution in [0.2, 0.25) is 0 Å². The fraction of sp³-hybridized carbons (Fsp3) is 0.389. The van der Waals surface area contributed by atoms with E-state index in [2.05, 4.69) is 46.1 Å². The van der Waals surface area contributed by atoms with Gasteiger partial charge < -0.3 is 10.0 Å². The van der Waals surface area contributed by atoms with Crippen molar-refractivity contribution in [2.45, 2.75) is 26.2 Å². The van der Waals surface area contributed by atoms with E-state index in [1.807, 2.05) is 6.07 Å². The summed E-state index contributed by atoms with van der Waals surface area (Å²) in [6.45, 7) is 3.59. The summed E-state index contributed by atoms with van der Waals surface area (Å²) >= 11 is 0. The highest BCUT2D eigenvalue weighted by Crippen LogP contribution is 2.25. The van der Waals surface area contributed by atoms with Crippen LogP contribution in [0.15, 0.2) is 36.7 Å². The van der Waals surface area contributed by atoms with Gasteiger partial charge in [-0.2, -0.15) is 0 Å². The summed E-state index contributed by atoms with van der Waals surface area (Å²) in [5.41, 5.74) is 3.28. The minimum absolute atomic E-state index is 0.228. The minimum atomic E-state index is -0.691. The molecule has 0 bridgehead atoms. The average Bonchev–Trinajstić information content (AvgIpc) is 2.62. The third kappa shape index (κ3) is 3.50. The Hall–Kier alpha value is -2.43. The summed E-state index contributed by atoms with van der Waals surface area (Å²) in [5, 5.41) is 9.09. The van der Waals surface area contributed by atoms with Crippen LogP contribution >= 0.6 is 0 Å². The maximum absolute atomic E-state index is 11.0. The van der Waals surface area contributed by atoms with Crippen molar-refractivity contribution in [1.82, 2.24) is 9.97 Å². The molecular weight excluding hydrogens is 290 g/mol. The third-order valence-electron chi connectivity index (χ3n) is 4.48. The van der Waals surface area contributed by atoms with Crippen LogP contribution in [-0.2, 0) is 11.2 Å². The first-order valence-electron chi connectivity index (χ1n) is 8.06. The van der Waals surface area contributed by atoms with Gasteiger partial charge in [-0.25, -0.2) is 9.97 Å². The zero-order chi connectivity index (χ0) is 16.2. The van der Waals surface area contributed by atoms with Gasteiger partial charge in [0.2, 0.25) is 0 Å². The smallest absolute Gasteiger partial charge is 0.306 e. The molecule has 2 heterocycles. The summed E-state index contributed by atoms with van der Waals surface area (Å²) in [5.74, 6) is -0.0448. The molecular formula is C18H21N3O2. The van der Waals surface area contributed by atoms with Gasteiger partial charge in [0.15, 0.2) is 0 Å². The van der Waals surface area contributed by atoms with Crippen LogP contribution in [0.4, 0.5) is 5.82 Å². The summed E-state index contributed by atoms with van der Waals surface area (Å²) in [7, 11) is 0. The van der Waals surface area contributed by atoms with Gasteiger partial charge in [0.05, 0.1) is 11.6 Å². The molecule has 1 aromatic carbocycles. The second kappa shape index (κ2) is 6.77. The van der Waals surface area contributed by atoms with E-state index in [9.17, 15) is 4.79 Å². The Labute approximate surface area is 136 Å². The highest BCUT2D eigenvalue weighted by atomic mass is 16.4. The van der Waals surface area contributed by atoms with Crippen molar-refractivity contribution >= 4 is 11.8 Å². The fourth-order valence-corrected chi connectivity index (χ4v) is 2.94. The molecule has 1 aliphatic rings. The number of carboxylic acid groups (broad SMARTS) is 1. The minimum Gasteiger partial charge on any atom is -0.481 e. The highest BCUT2D eigenvalue weighted by Gasteiger charge is 2.25. The summed E-state index contributed by atoms with van der Waals surface area (Å²) in [6.07, 6.45) is 3.94. The van der Waals surface area contributed by atoms with Crippen LogP contribution in [0.25, 0.3) is 11.3 Å². The van der Waals surface area contributed by atoms with E-state index in [1.54, 1.807) is 6.33 Å². The van der Waals surface area contributed by atoms with Crippen LogP contribution in [0.1, 0.15) is 25.3 Å². The Morgan fingerprint density at radius 3 is 2.52 bits per heavy atom. The van der Waals surface area contributed by atoms with E-state index in [-0.39, 0.29) is 5.92 Å². The summed E-state index contributed by atoms with van der Waals surface area (Å²) in [6, 6.07) is 10.4. The standard InChI is InChI=1S/C18H21N3O2/c1-2-13-3-5-14(6-4-13)16-11-17(20-12-19-16)21-9-7-15(8-10-21)18(22)23/h3-6,11-12,15H,2,7-10H2,1H3,(H,22,23). The zero-order valence-electron chi connectivity index (χ0n) is 13.3. The molecule has 1 aliphatic heterocycles. The van der Waals surface area contributed by atoms with Gasteiger partial charge >= 0.3 is 5.97 Å². The molecule has 0 amide bonds. The number of carbonyl (C=O) groups is 1. The van der Waals surface area contributed by atoms with Gasteiger partial charge in [-0.3, -0.25) is 4.79 Å². The van der Waals surface area contributed by atoms with Crippen molar-refractivity contribution < 1.29 is 9.90 Å². The van der Waals surface area contributed by atoms with E-state index in [1.165, 1.54) is 5.56 Å². The first-order valence-corrected chi connectivity index (χ1v) is 8.06. The first kappa shape index (κ1) is 15.5. The molecule has 1 aromatic heterocycles. The Bertz CT molecular complexity index is 677. The number of aliphatic carboxylic acids is 1. The van der Waals surface area contributed by atoms with Gasteiger partial charge in [-0.15, -0.1) is 0 Å². The SMILES string of the molecule is CCc1ccc(-c2cc(N3CCC(C(=O)O)CC3)ncn2)cc1. The molecule has 5 heteroatoms. The molecule has 3 rings (SSSR count). The molecule has 0 unspecified atom stereocenters. The van der Waals surface area contributed by atoms with Gasteiger partial charge in [-0.1, -0.05) is 31.2 Å². The normalized spacial score (nSPS) is 15.6. The molecule has 1 N–H and O–H groups in total. The van der Waals surface area contributed by atoms with Crippen LogP contribution < -0.4 is 4.90 Å². The largest absolute Gasteiger partial charge is 0.481 e. The van der Waals surface area contributed by atoms with Crippen molar-refractivity contribution in [3.63, 3.8) is 0 Å². The Balaban J connectivity index is 1.76. The molecule has 0 aliphatic carbocycles. The lowest BCUT2D eigenvalue weighted by Gasteiger charge is -2.31. The lowest BCUT2D eigenvalue weighted by molar-refractivity contribution is -0.142. The summed E-state index contributed by atoms with van der Waals surface area (Å²) < 4.78 is 0. The van der Waals surface area contributed by atoms with Crippen molar-refractivity contribution in [3.05, 3.63) is 42.2 Å². The Kier molecular flexibility index (Phi) is 4.55. The number of piperidine rings is 1. The quantitative estimate of drug-likeness (QED) is 0.940. The zero-order valence-corrected chi connectivity index (χ0v) is 13.3. The molecule has 0 saturated carbocycles. The number of aryl methyl sites for hydroxylation is 1. The van der Waals surface area contributed by atoms with E-state index >= 15 is 0 Å². The number of anilines is 1. The second-order valence-electron chi connectivity index (χ2n) is 5.91. The molecule has 2 aromatic rings. The maximum Gasteiger partial charge on any atom is 0.306 e. The van der Waals surface area contributed by atoms with Gasteiger partial charge in [0.25, 0.3) is 0 Å². The topological polar surface area (TPSA) is 66.3 Å². The Morgan fingerprint density at radius 1 is 1.22 bits per heavy atom. The molecule has 1 fully saturated rings. The highest BCUT2D eigenvalue weighted by molar-refractivity contribution is 5.70. The number of hydrogen-bond acceptors (Lipinski definition) is 4. The van der Waals surface area contributed by atoms with E-state index in [0.29, 0.717) is 12.8 Å². The molecule has 1 saturated heterocycles. The molecule has 0 radical (unpaired) electrons. The number of benzene rings is 1. The van der Waals surface area contributed by atoms with Crippen molar-refractivity contribution in [2.24, 2.45) is 5.92 Å². The fourth-order valence-electron chi connectivity index (χ4n) is 2.94. The van der Waals surface area contributed by atoms with Crippen molar-refractivity contribution in [3.8, 4) is 11.3 Å². The first-order chi connectivity index (χ1) is 11.2. The predicted molar refractivity (Wildman–Crippen MR) is 89.4 cm³/mol. The van der Waals surface area contributed by atoms with Gasteiger partial charge in [-0.05, 0) is 24.8 Å². The monoisotopic (exact) mass is 311 g/mol. The van der Waals surface area contributed by atoms with Gasteiger partial charge in [0.1, 0.15) is 12.1 Å². The summed E-state index contributed by atoms with van der Waals surface area (Å²) in [4.78, 5) is 21.9. The molecule has 0 spiro atoms. The lowest BCUT2D eigenvalue weighted by atomic mass is 9.97. The number of nitrogens with zero attached hydrogens (tertiary/aromatic N) is 3. The number of hydrogen-bond donors (Lipinski definition) is 1. The second-order valence-corrected chi connectivity index (χ2v) is 5.91. The number of aromatic nitrogens is 2. The van der Waals surface area contributed by atoms with Crippen LogP contribution in [0.5, 0.6) is 0 Å². The van der Waals surface area contributed by atoms with Crippen LogP contribution in [0, 0.1) is 5.92 Å². The molecule has 23 heavy (non-hydrogen) atoms. The predicted octanol–water partition coefficient (Wildman–Crippen LogP) is 3.01. The van der Waals surface area contributed by atoms with Crippen molar-refractivity contribution in [1.29, 1.82) is 0 Å². The Morgan fingerprint density at radius 2 is 1.91 bits per heavy atom. The number of carboxylic acids is 1. The lowest BCUT2D eigenvalue weighted by Crippen LogP contribution is -2.36. The van der Waals surface area contributed by atoms with E-state index in [4.69, 9.17) is 5.11 Å². The maximum atomic E-state index is 11.0. The average molecular weight is 311 g/mol. The van der Waals surface area contributed by atoms with E-state index < -0.39 is 5.97 Å².